The van der Waals surface area contributed by atoms with Crippen LogP contribution in [0.25, 0.3) is 0 Å². The molecule has 132 valence electrons. The molecule has 0 unspecified atom stereocenters. The van der Waals surface area contributed by atoms with Gasteiger partial charge in [-0.3, -0.25) is 4.90 Å². The topological polar surface area (TPSA) is 41.5 Å². The predicted molar refractivity (Wildman–Crippen MR) is 93.8 cm³/mol. The number of anilines is 1. The molecular weight excluding hydrogens is 319 g/mol. The summed E-state index contributed by atoms with van der Waals surface area (Å²) in [6.07, 6.45) is 4.91. The van der Waals surface area contributed by atoms with E-state index in [1.54, 1.807) is 12.4 Å². The van der Waals surface area contributed by atoms with E-state index in [2.05, 4.69) is 19.8 Å². The minimum Gasteiger partial charge on any atom is -0.375 e. The predicted octanol–water partition coefficient (Wildman–Crippen LogP) is 2.34. The molecule has 2 saturated heterocycles. The number of fused-ring (bicyclic) bond motifs is 1. The van der Waals surface area contributed by atoms with Crippen LogP contribution in [-0.4, -0.2) is 53.8 Å². The number of hydrogen-bond donors (Lipinski definition) is 0. The minimum absolute atomic E-state index is 0.183. The van der Waals surface area contributed by atoms with E-state index in [-0.39, 0.29) is 11.9 Å². The van der Waals surface area contributed by atoms with E-state index in [4.69, 9.17) is 4.74 Å². The Labute approximate surface area is 147 Å². The summed E-state index contributed by atoms with van der Waals surface area (Å²) in [7, 11) is 0. The highest BCUT2D eigenvalue weighted by Crippen LogP contribution is 2.26. The summed E-state index contributed by atoms with van der Waals surface area (Å²) in [4.78, 5) is 13.4. The average Bonchev–Trinajstić information content (AvgIpc) is 2.86. The summed E-state index contributed by atoms with van der Waals surface area (Å²) in [6.45, 7) is 5.27. The Hall–Kier alpha value is -2.05. The molecule has 2 aliphatic rings. The second kappa shape index (κ2) is 7.45. The number of rotatable bonds is 3. The SMILES string of the molecule is Fc1ccc(CN2CC[C@H]3CN(c4ncccn4)CCO[C@H]3C2)cc1. The van der Waals surface area contributed by atoms with Gasteiger partial charge in [-0.25, -0.2) is 14.4 Å². The lowest BCUT2D eigenvalue weighted by Crippen LogP contribution is -2.46. The maximum atomic E-state index is 13.1. The van der Waals surface area contributed by atoms with Crippen molar-refractivity contribution in [1.82, 2.24) is 14.9 Å². The van der Waals surface area contributed by atoms with Crippen LogP contribution in [0.4, 0.5) is 10.3 Å². The minimum atomic E-state index is -0.183. The third-order valence-electron chi connectivity index (χ3n) is 5.08. The molecule has 2 aromatic rings. The van der Waals surface area contributed by atoms with Crippen molar-refractivity contribution in [3.63, 3.8) is 0 Å². The van der Waals surface area contributed by atoms with Crippen LogP contribution in [0.15, 0.2) is 42.7 Å². The molecule has 2 fully saturated rings. The summed E-state index contributed by atoms with van der Waals surface area (Å²) in [6, 6.07) is 8.63. The number of halogens is 1. The van der Waals surface area contributed by atoms with Crippen LogP contribution in [0.2, 0.25) is 0 Å². The molecule has 0 aliphatic carbocycles. The molecule has 5 nitrogen and oxygen atoms in total. The van der Waals surface area contributed by atoms with Gasteiger partial charge in [0.25, 0.3) is 0 Å². The van der Waals surface area contributed by atoms with Gasteiger partial charge in [-0.05, 0) is 36.7 Å². The molecule has 0 bridgehead atoms. The van der Waals surface area contributed by atoms with Crippen LogP contribution in [-0.2, 0) is 11.3 Å². The van der Waals surface area contributed by atoms with Crippen molar-refractivity contribution in [3.05, 3.63) is 54.1 Å². The number of ether oxygens (including phenoxy) is 1. The Morgan fingerprint density at radius 2 is 1.88 bits per heavy atom. The Morgan fingerprint density at radius 3 is 2.68 bits per heavy atom. The zero-order valence-electron chi connectivity index (χ0n) is 14.2. The molecule has 0 spiro atoms. The van der Waals surface area contributed by atoms with Crippen molar-refractivity contribution in [2.75, 3.05) is 37.7 Å². The Balaban J connectivity index is 1.38. The first-order chi connectivity index (χ1) is 12.3. The second-order valence-electron chi connectivity index (χ2n) is 6.81. The molecule has 0 saturated carbocycles. The average molecular weight is 342 g/mol. The van der Waals surface area contributed by atoms with Gasteiger partial charge in [0, 0.05) is 44.5 Å². The van der Waals surface area contributed by atoms with Crippen LogP contribution in [0.3, 0.4) is 0 Å². The number of aromatic nitrogens is 2. The highest BCUT2D eigenvalue weighted by atomic mass is 19.1. The van der Waals surface area contributed by atoms with Crippen LogP contribution in [0.1, 0.15) is 12.0 Å². The summed E-state index contributed by atoms with van der Waals surface area (Å²) in [5.41, 5.74) is 1.15. The molecule has 6 heteroatoms. The number of benzene rings is 1. The van der Waals surface area contributed by atoms with Crippen molar-refractivity contribution in [2.24, 2.45) is 5.92 Å². The maximum absolute atomic E-state index is 13.1. The van der Waals surface area contributed by atoms with E-state index < -0.39 is 0 Å². The van der Waals surface area contributed by atoms with Gasteiger partial charge in [0.05, 0.1) is 12.7 Å². The molecule has 4 rings (SSSR count). The van der Waals surface area contributed by atoms with E-state index in [1.807, 2.05) is 18.2 Å². The summed E-state index contributed by atoms with van der Waals surface area (Å²) >= 11 is 0. The standard InChI is InChI=1S/C19H23FN4O/c20-17-4-2-15(3-5-17)12-23-9-6-16-13-24(10-11-25-18(16)14-23)19-21-7-1-8-22-19/h1-5,7-8,16,18H,6,9-14H2/t16-,18-/m0/s1. The molecule has 0 radical (unpaired) electrons. The van der Waals surface area contributed by atoms with Crippen molar-refractivity contribution < 1.29 is 9.13 Å². The summed E-state index contributed by atoms with van der Waals surface area (Å²) in [5.74, 6) is 1.11. The largest absolute Gasteiger partial charge is 0.375 e. The molecule has 25 heavy (non-hydrogen) atoms. The zero-order chi connectivity index (χ0) is 17.1. The third-order valence-corrected chi connectivity index (χ3v) is 5.08. The van der Waals surface area contributed by atoms with E-state index in [0.29, 0.717) is 12.5 Å². The first-order valence-electron chi connectivity index (χ1n) is 8.88. The number of piperidine rings is 1. The first kappa shape index (κ1) is 16.4. The zero-order valence-corrected chi connectivity index (χ0v) is 14.2. The van der Waals surface area contributed by atoms with Gasteiger partial charge < -0.3 is 9.64 Å². The monoisotopic (exact) mass is 342 g/mol. The van der Waals surface area contributed by atoms with Gasteiger partial charge in [-0.15, -0.1) is 0 Å². The smallest absolute Gasteiger partial charge is 0.225 e. The van der Waals surface area contributed by atoms with Crippen molar-refractivity contribution >= 4 is 5.95 Å². The Morgan fingerprint density at radius 1 is 1.08 bits per heavy atom. The molecule has 3 heterocycles. The molecule has 2 atom stereocenters. The molecule has 2 aliphatic heterocycles. The van der Waals surface area contributed by atoms with Gasteiger partial charge in [0.2, 0.25) is 5.95 Å². The van der Waals surface area contributed by atoms with Crippen molar-refractivity contribution in [2.45, 2.75) is 19.1 Å². The quantitative estimate of drug-likeness (QED) is 0.856. The first-order valence-corrected chi connectivity index (χ1v) is 8.88. The van der Waals surface area contributed by atoms with E-state index in [1.165, 1.54) is 12.1 Å². The normalized spacial score (nSPS) is 24.6. The van der Waals surface area contributed by atoms with E-state index in [9.17, 15) is 4.39 Å². The van der Waals surface area contributed by atoms with E-state index >= 15 is 0 Å². The summed E-state index contributed by atoms with van der Waals surface area (Å²) < 4.78 is 19.2. The highest BCUT2D eigenvalue weighted by molar-refractivity contribution is 5.29. The lowest BCUT2D eigenvalue weighted by atomic mass is 9.93. The van der Waals surface area contributed by atoms with Crippen LogP contribution < -0.4 is 4.90 Å². The fourth-order valence-corrected chi connectivity index (χ4v) is 3.74. The van der Waals surface area contributed by atoms with Crippen molar-refractivity contribution in [3.8, 4) is 0 Å². The fraction of sp³-hybridized carbons (Fsp3) is 0.474. The van der Waals surface area contributed by atoms with Gasteiger partial charge in [0.15, 0.2) is 0 Å². The Kier molecular flexibility index (Phi) is 4.90. The third kappa shape index (κ3) is 3.96. The lowest BCUT2D eigenvalue weighted by Gasteiger charge is -2.38. The van der Waals surface area contributed by atoms with Gasteiger partial charge in [0.1, 0.15) is 5.82 Å². The number of nitrogens with zero attached hydrogens (tertiary/aromatic N) is 4. The van der Waals surface area contributed by atoms with Crippen LogP contribution in [0.5, 0.6) is 0 Å². The molecular formula is C19H23FN4O. The van der Waals surface area contributed by atoms with Crippen LogP contribution in [0, 0.1) is 11.7 Å². The molecule has 1 aromatic heterocycles. The molecule has 0 amide bonds. The summed E-state index contributed by atoms with van der Waals surface area (Å²) in [5, 5.41) is 0. The Bertz CT molecular complexity index is 682. The van der Waals surface area contributed by atoms with Gasteiger partial charge in [-0.2, -0.15) is 0 Å². The number of hydrogen-bond acceptors (Lipinski definition) is 5. The second-order valence-corrected chi connectivity index (χ2v) is 6.81. The van der Waals surface area contributed by atoms with E-state index in [0.717, 1.165) is 50.7 Å². The van der Waals surface area contributed by atoms with Crippen molar-refractivity contribution in [1.29, 1.82) is 0 Å². The molecule has 0 N–H and O–H groups in total. The van der Waals surface area contributed by atoms with Gasteiger partial charge >= 0.3 is 0 Å². The fourth-order valence-electron chi connectivity index (χ4n) is 3.74. The van der Waals surface area contributed by atoms with Gasteiger partial charge in [-0.1, -0.05) is 12.1 Å². The maximum Gasteiger partial charge on any atom is 0.225 e. The van der Waals surface area contributed by atoms with Crippen LogP contribution >= 0.6 is 0 Å². The molecule has 1 aromatic carbocycles. The number of likely N-dealkylation sites (tertiary alicyclic amines) is 1. The lowest BCUT2D eigenvalue weighted by molar-refractivity contribution is -0.0239. The highest BCUT2D eigenvalue weighted by Gasteiger charge is 2.33.